The van der Waals surface area contributed by atoms with E-state index in [1.165, 1.54) is 16.9 Å². The maximum absolute atomic E-state index is 13.8. The van der Waals surface area contributed by atoms with Crippen LogP contribution in [-0.2, 0) is 31.1 Å². The van der Waals surface area contributed by atoms with Crippen molar-refractivity contribution < 1.29 is 29.0 Å². The molecule has 8 nitrogen and oxygen atoms in total. The Balaban J connectivity index is 1.78. The highest BCUT2D eigenvalue weighted by molar-refractivity contribution is 6.50. The van der Waals surface area contributed by atoms with Crippen LogP contribution in [0.4, 0.5) is 5.69 Å². The van der Waals surface area contributed by atoms with E-state index in [0.717, 1.165) is 11.3 Å². The highest BCUT2D eigenvalue weighted by Crippen LogP contribution is 2.53. The number of methoxy groups -OCH3 is 1. The van der Waals surface area contributed by atoms with Gasteiger partial charge in [-0.15, -0.1) is 0 Å². The number of likely N-dealkylation sites (tertiary alicyclic amines) is 1. The second-order valence-electron chi connectivity index (χ2n) is 8.55. The van der Waals surface area contributed by atoms with Crippen LogP contribution in [0.25, 0.3) is 5.76 Å². The minimum atomic E-state index is -1.76. The minimum Gasteiger partial charge on any atom is -0.507 e. The highest BCUT2D eigenvalue weighted by Gasteiger charge is 2.66. The third-order valence-electron chi connectivity index (χ3n) is 6.63. The number of likely N-dealkylation sites (N-methyl/N-ethyl adjacent to an activating group) is 1. The first-order chi connectivity index (χ1) is 15.8. The fourth-order valence-electron chi connectivity index (χ4n) is 5.17. The molecule has 1 saturated heterocycles. The van der Waals surface area contributed by atoms with Crippen molar-refractivity contribution in [2.75, 3.05) is 32.2 Å². The van der Waals surface area contributed by atoms with E-state index in [0.29, 0.717) is 23.2 Å². The molecular weight excluding hydrogens is 424 g/mol. The van der Waals surface area contributed by atoms with Gasteiger partial charge in [-0.3, -0.25) is 14.4 Å². The van der Waals surface area contributed by atoms with Crippen molar-refractivity contribution in [3.63, 3.8) is 0 Å². The second kappa shape index (κ2) is 7.45. The van der Waals surface area contributed by atoms with Gasteiger partial charge in [0, 0.05) is 43.9 Å². The standard InChI is InChI=1S/C25H24N2O6/c1-14-12-16-13-15(8-9-19(16)33-14)21(28)20-22(29)23(30)27(10-11-32-3)25(20)17-6-4-5-7-18(17)26(2)24(25)31/h4-9,13-14,28H,10-12H2,1-3H3/t14-,25+/m1/s1. The summed E-state index contributed by atoms with van der Waals surface area (Å²) < 4.78 is 10.9. The van der Waals surface area contributed by atoms with E-state index >= 15 is 0 Å². The van der Waals surface area contributed by atoms with Crippen molar-refractivity contribution in [2.24, 2.45) is 0 Å². The van der Waals surface area contributed by atoms with Gasteiger partial charge < -0.3 is 24.4 Å². The molecule has 3 aliphatic rings. The van der Waals surface area contributed by atoms with Gasteiger partial charge in [0.05, 0.1) is 12.2 Å². The van der Waals surface area contributed by atoms with Crippen LogP contribution in [0, 0.1) is 0 Å². The predicted octanol–water partition coefficient (Wildman–Crippen LogP) is 2.21. The first-order valence-electron chi connectivity index (χ1n) is 10.8. The molecule has 8 heteroatoms. The van der Waals surface area contributed by atoms with Gasteiger partial charge in [0.2, 0.25) is 0 Å². The number of amides is 2. The van der Waals surface area contributed by atoms with Crippen molar-refractivity contribution in [3.05, 3.63) is 64.7 Å². The summed E-state index contributed by atoms with van der Waals surface area (Å²) >= 11 is 0. The van der Waals surface area contributed by atoms with Crippen LogP contribution in [0.5, 0.6) is 5.75 Å². The van der Waals surface area contributed by atoms with Gasteiger partial charge in [-0.1, -0.05) is 18.2 Å². The van der Waals surface area contributed by atoms with Gasteiger partial charge in [0.15, 0.2) is 5.54 Å². The van der Waals surface area contributed by atoms with Crippen LogP contribution < -0.4 is 9.64 Å². The summed E-state index contributed by atoms with van der Waals surface area (Å²) in [5.74, 6) is -1.87. The number of carbonyl (C=O) groups excluding carboxylic acids is 3. The van der Waals surface area contributed by atoms with E-state index in [2.05, 4.69) is 0 Å². The van der Waals surface area contributed by atoms with Crippen molar-refractivity contribution in [1.29, 1.82) is 0 Å². The Hall–Kier alpha value is -3.65. The molecule has 0 bridgehead atoms. The zero-order valence-electron chi connectivity index (χ0n) is 18.6. The lowest BCUT2D eigenvalue weighted by molar-refractivity contribution is -0.144. The number of fused-ring (bicyclic) bond motifs is 3. The molecule has 0 radical (unpaired) electrons. The van der Waals surface area contributed by atoms with Gasteiger partial charge >= 0.3 is 0 Å². The average molecular weight is 448 g/mol. The van der Waals surface area contributed by atoms with Crippen LogP contribution in [0.3, 0.4) is 0 Å². The summed E-state index contributed by atoms with van der Waals surface area (Å²) in [5.41, 5.74) is 0.323. The van der Waals surface area contributed by atoms with E-state index in [1.807, 2.05) is 6.92 Å². The largest absolute Gasteiger partial charge is 0.507 e. The molecule has 3 aliphatic heterocycles. The van der Waals surface area contributed by atoms with Gasteiger partial charge in [-0.25, -0.2) is 0 Å². The van der Waals surface area contributed by atoms with Crippen LogP contribution in [-0.4, -0.2) is 61.0 Å². The molecule has 170 valence electrons. The molecule has 0 unspecified atom stereocenters. The number of rotatable bonds is 4. The first kappa shape index (κ1) is 21.2. The lowest BCUT2D eigenvalue weighted by atomic mass is 9.81. The first-order valence-corrected chi connectivity index (χ1v) is 10.8. The Morgan fingerprint density at radius 3 is 2.73 bits per heavy atom. The predicted molar refractivity (Wildman–Crippen MR) is 120 cm³/mol. The molecule has 0 aromatic heterocycles. The summed E-state index contributed by atoms with van der Waals surface area (Å²) in [6.45, 7) is 2.09. The topological polar surface area (TPSA) is 96.4 Å². The number of carbonyl (C=O) groups is 3. The number of para-hydroxylation sites is 1. The minimum absolute atomic E-state index is 0.00699. The van der Waals surface area contributed by atoms with E-state index in [9.17, 15) is 19.5 Å². The lowest BCUT2D eigenvalue weighted by Crippen LogP contribution is -2.52. The molecule has 1 N–H and O–H groups in total. The Bertz CT molecular complexity index is 1240. The Kier molecular flexibility index (Phi) is 4.79. The molecule has 2 amide bonds. The molecule has 1 spiro atoms. The third kappa shape index (κ3) is 2.77. The Morgan fingerprint density at radius 2 is 1.97 bits per heavy atom. The van der Waals surface area contributed by atoms with Gasteiger partial charge in [0.1, 0.15) is 17.6 Å². The fraction of sp³-hybridized carbons (Fsp3) is 0.320. The van der Waals surface area contributed by atoms with Crippen molar-refractivity contribution in [2.45, 2.75) is 25.0 Å². The van der Waals surface area contributed by atoms with E-state index in [4.69, 9.17) is 9.47 Å². The fourth-order valence-corrected chi connectivity index (χ4v) is 5.17. The number of hydrogen-bond acceptors (Lipinski definition) is 6. The summed E-state index contributed by atoms with van der Waals surface area (Å²) in [6.07, 6.45) is 0.668. The molecule has 3 heterocycles. The van der Waals surface area contributed by atoms with Crippen molar-refractivity contribution in [1.82, 2.24) is 4.90 Å². The number of anilines is 1. The SMILES string of the molecule is COCCN1C(=O)C(=O)C(=C(O)c2ccc3c(c2)C[C@@H](C)O3)[C@@]12C(=O)N(C)c1ccccc12. The number of hydrogen-bond donors (Lipinski definition) is 1. The van der Waals surface area contributed by atoms with Gasteiger partial charge in [-0.05, 0) is 36.8 Å². The normalized spacial score (nSPS) is 25.1. The third-order valence-corrected chi connectivity index (χ3v) is 6.63. The van der Waals surface area contributed by atoms with Gasteiger partial charge in [-0.2, -0.15) is 0 Å². The number of aliphatic hydroxyl groups is 1. The zero-order valence-corrected chi connectivity index (χ0v) is 18.6. The maximum Gasteiger partial charge on any atom is 0.296 e. The monoisotopic (exact) mass is 448 g/mol. The molecule has 33 heavy (non-hydrogen) atoms. The number of Topliss-reactive ketones (excluding diaryl/α,β-unsaturated/α-hetero) is 1. The van der Waals surface area contributed by atoms with E-state index < -0.39 is 23.1 Å². The highest BCUT2D eigenvalue weighted by atomic mass is 16.5. The number of ketones is 1. The number of aliphatic hydroxyl groups excluding tert-OH is 1. The number of ether oxygens (including phenoxy) is 2. The van der Waals surface area contributed by atoms with Crippen molar-refractivity contribution >= 4 is 29.0 Å². The maximum atomic E-state index is 13.8. The molecule has 5 rings (SSSR count). The number of nitrogens with zero attached hydrogens (tertiary/aromatic N) is 2. The summed E-state index contributed by atoms with van der Waals surface area (Å²) in [6, 6.07) is 12.1. The van der Waals surface area contributed by atoms with Crippen LogP contribution in [0.2, 0.25) is 0 Å². The summed E-state index contributed by atoms with van der Waals surface area (Å²) in [7, 11) is 3.08. The molecule has 0 saturated carbocycles. The summed E-state index contributed by atoms with van der Waals surface area (Å²) in [5, 5.41) is 11.4. The van der Waals surface area contributed by atoms with Gasteiger partial charge in [0.25, 0.3) is 17.6 Å². The molecule has 2 aromatic rings. The smallest absolute Gasteiger partial charge is 0.296 e. The second-order valence-corrected chi connectivity index (χ2v) is 8.55. The van der Waals surface area contributed by atoms with E-state index in [-0.39, 0.29) is 30.6 Å². The molecule has 0 aliphatic carbocycles. The number of benzene rings is 2. The molecule has 2 aromatic carbocycles. The molecule has 1 fully saturated rings. The van der Waals surface area contributed by atoms with Crippen LogP contribution in [0.1, 0.15) is 23.6 Å². The molecule has 2 atom stereocenters. The van der Waals surface area contributed by atoms with E-state index in [1.54, 1.807) is 49.5 Å². The summed E-state index contributed by atoms with van der Waals surface area (Å²) in [4.78, 5) is 43.0. The Labute approximate surface area is 191 Å². The van der Waals surface area contributed by atoms with Crippen LogP contribution in [0.15, 0.2) is 48.0 Å². The average Bonchev–Trinajstić information content (AvgIpc) is 3.37. The van der Waals surface area contributed by atoms with Crippen LogP contribution >= 0.6 is 0 Å². The van der Waals surface area contributed by atoms with Crippen molar-refractivity contribution in [3.8, 4) is 5.75 Å². The zero-order chi connectivity index (χ0) is 23.5. The Morgan fingerprint density at radius 1 is 1.21 bits per heavy atom. The molecular formula is C25H24N2O6. The quantitative estimate of drug-likeness (QED) is 0.438. The lowest BCUT2D eigenvalue weighted by Gasteiger charge is -2.34.